The van der Waals surface area contributed by atoms with Gasteiger partial charge in [-0.1, -0.05) is 19.4 Å². The van der Waals surface area contributed by atoms with E-state index in [0.29, 0.717) is 5.13 Å². The number of rotatable bonds is 10. The van der Waals surface area contributed by atoms with E-state index >= 15 is 0 Å². The summed E-state index contributed by atoms with van der Waals surface area (Å²) in [5.41, 5.74) is 5.99. The Bertz CT molecular complexity index is 941. The molecule has 0 spiro atoms. The van der Waals surface area contributed by atoms with E-state index in [-0.39, 0.29) is 6.03 Å². The maximum Gasteiger partial charge on any atom is 0.335 e. The maximum absolute atomic E-state index is 12.6. The summed E-state index contributed by atoms with van der Waals surface area (Å²) >= 11 is 1.42. The summed E-state index contributed by atoms with van der Waals surface area (Å²) in [7, 11) is 1.67. The first-order chi connectivity index (χ1) is 17.1. The fourth-order valence-electron chi connectivity index (χ4n) is 4.55. The standard InChI is InChI=1S/C25H38N6O3S/c1-3-5-20-6-7-23(33-2)21(18-20)22-19-35-25(26-22)27-24(32)28-31-12-10-29(11-13-31)8-4-9-30-14-16-34-17-15-30/h6-7,18-19H,3-5,8-17H2,1-2H3,(H2,26,27,28,32). The van der Waals surface area contributed by atoms with Crippen molar-refractivity contribution >= 4 is 22.5 Å². The van der Waals surface area contributed by atoms with Gasteiger partial charge in [0.05, 0.1) is 26.0 Å². The second-order valence-corrected chi connectivity index (χ2v) is 9.88. The van der Waals surface area contributed by atoms with Gasteiger partial charge in [-0.3, -0.25) is 15.6 Å². The van der Waals surface area contributed by atoms with E-state index in [1.54, 1.807) is 7.11 Å². The third-order valence-electron chi connectivity index (χ3n) is 6.49. The Morgan fingerprint density at radius 2 is 1.86 bits per heavy atom. The number of aromatic nitrogens is 1. The predicted molar refractivity (Wildman–Crippen MR) is 140 cm³/mol. The quantitative estimate of drug-likeness (QED) is 0.517. The normalized spacial score (nSPS) is 17.9. The molecule has 2 saturated heterocycles. The number of hydrazine groups is 1. The molecule has 2 aromatic rings. The lowest BCUT2D eigenvalue weighted by molar-refractivity contribution is 0.0345. The molecule has 2 amide bonds. The molecule has 0 aliphatic carbocycles. The Morgan fingerprint density at radius 3 is 2.57 bits per heavy atom. The van der Waals surface area contributed by atoms with Crippen molar-refractivity contribution in [1.29, 1.82) is 0 Å². The van der Waals surface area contributed by atoms with Gasteiger partial charge in [0.25, 0.3) is 0 Å². The fourth-order valence-corrected chi connectivity index (χ4v) is 5.25. The number of methoxy groups -OCH3 is 1. The van der Waals surface area contributed by atoms with E-state index < -0.39 is 0 Å². The highest BCUT2D eigenvalue weighted by atomic mass is 32.1. The Labute approximate surface area is 212 Å². The molecule has 2 aliphatic rings. The molecule has 35 heavy (non-hydrogen) atoms. The van der Waals surface area contributed by atoms with Crippen LogP contribution in [0.1, 0.15) is 25.3 Å². The van der Waals surface area contributed by atoms with Crippen LogP contribution in [0.5, 0.6) is 5.75 Å². The number of benzene rings is 1. The highest BCUT2D eigenvalue weighted by Crippen LogP contribution is 2.33. The SMILES string of the molecule is CCCc1ccc(OC)c(-c2csc(NC(=O)NN3CCN(CCCN4CCOCC4)CC3)n2)c1. The van der Waals surface area contributed by atoms with Crippen LogP contribution in [0.2, 0.25) is 0 Å². The average molecular weight is 503 g/mol. The van der Waals surface area contributed by atoms with Gasteiger partial charge in [0.15, 0.2) is 5.13 Å². The van der Waals surface area contributed by atoms with Gasteiger partial charge < -0.3 is 14.4 Å². The summed E-state index contributed by atoms with van der Waals surface area (Å²) in [4.78, 5) is 22.2. The zero-order valence-electron chi connectivity index (χ0n) is 20.9. The van der Waals surface area contributed by atoms with Gasteiger partial charge >= 0.3 is 6.03 Å². The lowest BCUT2D eigenvalue weighted by atomic mass is 10.0. The summed E-state index contributed by atoms with van der Waals surface area (Å²) in [6.07, 6.45) is 3.26. The van der Waals surface area contributed by atoms with Crippen LogP contribution >= 0.6 is 11.3 Å². The van der Waals surface area contributed by atoms with E-state index in [1.165, 1.54) is 23.3 Å². The highest BCUT2D eigenvalue weighted by molar-refractivity contribution is 7.14. The van der Waals surface area contributed by atoms with Crippen molar-refractivity contribution in [2.24, 2.45) is 0 Å². The predicted octanol–water partition coefficient (Wildman–Crippen LogP) is 3.15. The number of hydrogen-bond acceptors (Lipinski definition) is 8. The molecule has 0 radical (unpaired) electrons. The number of thiazole rings is 1. The molecule has 10 heteroatoms. The number of anilines is 1. The molecule has 9 nitrogen and oxygen atoms in total. The molecular weight excluding hydrogens is 464 g/mol. The average Bonchev–Trinajstić information content (AvgIpc) is 3.34. The minimum atomic E-state index is -0.252. The number of urea groups is 1. The topological polar surface area (TPSA) is 82.2 Å². The van der Waals surface area contributed by atoms with Crippen LogP contribution in [-0.2, 0) is 11.2 Å². The molecule has 0 saturated carbocycles. The van der Waals surface area contributed by atoms with Crippen LogP contribution in [0, 0.1) is 0 Å². The first kappa shape index (κ1) is 25.8. The number of amides is 2. The molecule has 2 N–H and O–H groups in total. The van der Waals surface area contributed by atoms with Gasteiger partial charge in [-0.25, -0.2) is 14.8 Å². The first-order valence-corrected chi connectivity index (χ1v) is 13.5. The van der Waals surface area contributed by atoms with Crippen LogP contribution in [-0.4, -0.2) is 98.5 Å². The summed E-state index contributed by atoms with van der Waals surface area (Å²) in [6, 6.07) is 5.95. The zero-order valence-corrected chi connectivity index (χ0v) is 21.7. The molecular formula is C25H38N6O3S. The van der Waals surface area contributed by atoms with E-state index in [0.717, 1.165) is 95.4 Å². The minimum Gasteiger partial charge on any atom is -0.496 e. The van der Waals surface area contributed by atoms with Gasteiger partial charge in [-0.05, 0) is 43.6 Å². The zero-order chi connectivity index (χ0) is 24.5. The number of piperazine rings is 1. The molecule has 192 valence electrons. The van der Waals surface area contributed by atoms with Crippen molar-refractivity contribution in [3.05, 3.63) is 29.1 Å². The van der Waals surface area contributed by atoms with Crippen LogP contribution < -0.4 is 15.5 Å². The molecule has 1 aromatic carbocycles. The van der Waals surface area contributed by atoms with Crippen molar-refractivity contribution in [2.45, 2.75) is 26.2 Å². The minimum absolute atomic E-state index is 0.252. The van der Waals surface area contributed by atoms with Crippen molar-refractivity contribution in [1.82, 2.24) is 25.2 Å². The summed E-state index contributed by atoms with van der Waals surface area (Å²) < 4.78 is 10.9. The van der Waals surface area contributed by atoms with Gasteiger partial charge in [0.2, 0.25) is 0 Å². The third kappa shape index (κ3) is 7.62. The lowest BCUT2D eigenvalue weighted by Crippen LogP contribution is -2.54. The highest BCUT2D eigenvalue weighted by Gasteiger charge is 2.19. The molecule has 0 bridgehead atoms. The number of carbonyl (C=O) groups is 1. The van der Waals surface area contributed by atoms with Crippen molar-refractivity contribution in [2.75, 3.05) is 78.0 Å². The smallest absolute Gasteiger partial charge is 0.335 e. The van der Waals surface area contributed by atoms with Crippen LogP contribution in [0.15, 0.2) is 23.6 Å². The summed E-state index contributed by atoms with van der Waals surface area (Å²) in [5.74, 6) is 0.786. The van der Waals surface area contributed by atoms with Gasteiger partial charge in [-0.2, -0.15) is 0 Å². The lowest BCUT2D eigenvalue weighted by Gasteiger charge is -2.35. The van der Waals surface area contributed by atoms with E-state index in [2.05, 4.69) is 44.6 Å². The molecule has 2 aliphatic heterocycles. The van der Waals surface area contributed by atoms with E-state index in [9.17, 15) is 4.79 Å². The Morgan fingerprint density at radius 1 is 1.11 bits per heavy atom. The number of ether oxygens (including phenoxy) is 2. The third-order valence-corrected chi connectivity index (χ3v) is 7.25. The van der Waals surface area contributed by atoms with E-state index in [1.807, 2.05) is 16.5 Å². The molecule has 3 heterocycles. The van der Waals surface area contributed by atoms with Crippen LogP contribution in [0.4, 0.5) is 9.93 Å². The van der Waals surface area contributed by atoms with Crippen molar-refractivity contribution < 1.29 is 14.3 Å². The number of hydrogen-bond donors (Lipinski definition) is 2. The second-order valence-electron chi connectivity index (χ2n) is 9.02. The van der Waals surface area contributed by atoms with E-state index in [4.69, 9.17) is 9.47 Å². The Balaban J connectivity index is 1.20. The van der Waals surface area contributed by atoms with Crippen molar-refractivity contribution in [3.8, 4) is 17.0 Å². The van der Waals surface area contributed by atoms with Gasteiger partial charge in [0.1, 0.15) is 5.75 Å². The number of nitrogens with one attached hydrogen (secondary N) is 2. The summed E-state index contributed by atoms with van der Waals surface area (Å²) in [5, 5.41) is 7.40. The molecule has 0 atom stereocenters. The van der Waals surface area contributed by atoms with Crippen LogP contribution in [0.3, 0.4) is 0 Å². The van der Waals surface area contributed by atoms with Gasteiger partial charge in [0, 0.05) is 50.2 Å². The number of aryl methyl sites for hydroxylation is 1. The number of nitrogens with zero attached hydrogens (tertiary/aromatic N) is 4. The maximum atomic E-state index is 12.6. The van der Waals surface area contributed by atoms with Crippen molar-refractivity contribution in [3.63, 3.8) is 0 Å². The molecule has 2 fully saturated rings. The molecule has 1 aromatic heterocycles. The Hall–Kier alpha value is -2.24. The fraction of sp³-hybridized carbons (Fsp3) is 0.600. The van der Waals surface area contributed by atoms with Crippen LogP contribution in [0.25, 0.3) is 11.3 Å². The largest absolute Gasteiger partial charge is 0.496 e. The second kappa shape index (κ2) is 13.2. The van der Waals surface area contributed by atoms with Gasteiger partial charge in [-0.15, -0.1) is 11.3 Å². The first-order valence-electron chi connectivity index (χ1n) is 12.6. The molecule has 0 unspecified atom stereocenters. The number of morpholine rings is 1. The summed E-state index contributed by atoms with van der Waals surface area (Å²) in [6.45, 7) is 11.8. The molecule has 4 rings (SSSR count). The Kier molecular flexibility index (Phi) is 9.73. The number of carbonyl (C=O) groups excluding carboxylic acids is 1. The monoisotopic (exact) mass is 502 g/mol.